The van der Waals surface area contributed by atoms with Crippen LogP contribution < -0.4 is 22.3 Å². The van der Waals surface area contributed by atoms with Gasteiger partial charge >= 0.3 is 17.1 Å². The molecule has 47 heavy (non-hydrogen) atoms. The molecule has 0 unspecified atom stereocenters. The number of nitrogens with two attached hydrogens (primary N) is 2. The van der Waals surface area contributed by atoms with Crippen molar-refractivity contribution >= 4 is 81.5 Å². The van der Waals surface area contributed by atoms with Crippen molar-refractivity contribution in [3.05, 3.63) is 118 Å². The van der Waals surface area contributed by atoms with Crippen molar-refractivity contribution < 1.29 is 36.1 Å². The Hall–Kier alpha value is -5.48. The smallest absolute Gasteiger partial charge is 0.493 e. The quantitative estimate of drug-likeness (QED) is 0.0909. The van der Waals surface area contributed by atoms with Crippen LogP contribution in [0.2, 0.25) is 0 Å². The third kappa shape index (κ3) is 12.8. The van der Waals surface area contributed by atoms with E-state index in [0.717, 1.165) is 11.4 Å². The van der Waals surface area contributed by atoms with Gasteiger partial charge in [0.1, 0.15) is 0 Å². The van der Waals surface area contributed by atoms with E-state index in [1.165, 1.54) is 38.8 Å². The number of hydrazone groups is 2. The number of hydrogen-bond donors (Lipinski definition) is 4. The van der Waals surface area contributed by atoms with E-state index in [1.807, 2.05) is 60.7 Å². The van der Waals surface area contributed by atoms with Crippen molar-refractivity contribution in [3.8, 4) is 0 Å². The fraction of sp³-hybridized carbons (Fsp3) is 0.0667. The molecule has 0 amide bonds. The summed E-state index contributed by atoms with van der Waals surface area (Å²) in [6.45, 7) is 0. The number of carbonyl (C=O) groups is 2. The molecule has 0 atom stereocenters. The van der Waals surface area contributed by atoms with Gasteiger partial charge in [0, 0.05) is 46.0 Å². The molecule has 4 rings (SSSR count). The van der Waals surface area contributed by atoms with Crippen molar-refractivity contribution in [3.63, 3.8) is 0 Å². The Morgan fingerprint density at radius 3 is 1.36 bits per heavy atom. The summed E-state index contributed by atoms with van der Waals surface area (Å²) >= 11 is 9.16. The summed E-state index contributed by atoms with van der Waals surface area (Å²) in [5.41, 5.74) is 26.4. The van der Waals surface area contributed by atoms with Crippen LogP contribution in [-0.2, 0) is 36.1 Å². The minimum atomic E-state index is -0.326. The second-order valence-electron chi connectivity index (χ2n) is 8.68. The molecule has 0 heterocycles. The Kier molecular flexibility index (Phi) is 15.9. The summed E-state index contributed by atoms with van der Waals surface area (Å²) in [5, 5.41) is 15.5. The van der Waals surface area contributed by atoms with E-state index in [-0.39, 0.29) is 61.5 Å². The molecule has 2 aliphatic rings. The summed E-state index contributed by atoms with van der Waals surface area (Å²) < 4.78 is 10.1. The summed E-state index contributed by atoms with van der Waals surface area (Å²) in [4.78, 5) is 24.2. The third-order valence-corrected chi connectivity index (χ3v) is 5.62. The molecular formula is C30H28FeN10O4S2. The first-order valence-electron chi connectivity index (χ1n) is 13.1. The molecule has 0 saturated heterocycles. The third-order valence-electron chi connectivity index (χ3n) is 5.46. The second kappa shape index (κ2) is 19.8. The molecule has 2 aliphatic carbocycles. The monoisotopic (exact) mass is 712 g/mol. The van der Waals surface area contributed by atoms with Gasteiger partial charge in [-0.15, -0.1) is 0 Å². The first kappa shape index (κ1) is 37.7. The Morgan fingerprint density at radius 2 is 1.04 bits per heavy atom. The molecule has 0 saturated carbocycles. The second-order valence-corrected chi connectivity index (χ2v) is 9.51. The molecule has 2 aromatic carbocycles. The number of rotatable bonds is 10. The number of ketones is 2. The number of anilines is 2. The van der Waals surface area contributed by atoms with E-state index >= 15 is 0 Å². The van der Waals surface area contributed by atoms with Crippen LogP contribution in [-0.4, -0.2) is 59.9 Å². The fourth-order valence-electron chi connectivity index (χ4n) is 3.42. The van der Waals surface area contributed by atoms with Crippen molar-refractivity contribution in [1.82, 2.24) is 0 Å². The Balaban J connectivity index is 0.000000320. The van der Waals surface area contributed by atoms with Gasteiger partial charge in [-0.25, -0.2) is 0 Å². The van der Waals surface area contributed by atoms with Crippen LogP contribution >= 0.6 is 24.4 Å². The van der Waals surface area contributed by atoms with Gasteiger partial charge in [-0.2, -0.15) is 10.2 Å². The molecular weight excluding hydrogens is 684 g/mol. The molecule has 0 radical (unpaired) electrons. The minimum absolute atomic E-state index is 0. The molecule has 242 valence electrons. The number of nitrogens with zero attached hydrogens (tertiary/aromatic N) is 6. The zero-order valence-corrected chi connectivity index (χ0v) is 27.6. The van der Waals surface area contributed by atoms with E-state index in [1.54, 1.807) is 12.2 Å². The van der Waals surface area contributed by atoms with Gasteiger partial charge in [0.05, 0.1) is 37.0 Å². The number of allylic oxidation sites excluding steroid dienone is 6. The van der Waals surface area contributed by atoms with Crippen molar-refractivity contribution in [2.75, 3.05) is 25.1 Å². The first-order valence-corrected chi connectivity index (χ1v) is 13.9. The number of hydrogen-bond acceptors (Lipinski definition) is 12. The summed E-state index contributed by atoms with van der Waals surface area (Å²) in [5.74, 6) is -0.350. The van der Waals surface area contributed by atoms with Crippen LogP contribution in [0.25, 0.3) is 10.9 Å². The van der Waals surface area contributed by atoms with E-state index in [4.69, 9.17) is 20.9 Å². The number of ether oxygens (including phenoxy) is 2. The zero-order valence-electron chi connectivity index (χ0n) is 24.9. The van der Waals surface area contributed by atoms with Gasteiger partial charge in [0.25, 0.3) is 0 Å². The minimum Gasteiger partial charge on any atom is -0.493 e. The van der Waals surface area contributed by atoms with Crippen molar-refractivity contribution in [1.29, 1.82) is 0 Å². The Morgan fingerprint density at radius 1 is 0.681 bits per heavy atom. The van der Waals surface area contributed by atoms with Gasteiger partial charge in [0.2, 0.25) is 11.6 Å². The Bertz CT molecular complexity index is 1580. The van der Waals surface area contributed by atoms with Crippen molar-refractivity contribution in [2.24, 2.45) is 31.9 Å². The maximum Gasteiger partial charge on any atom is 2.00 e. The predicted molar refractivity (Wildman–Crippen MR) is 189 cm³/mol. The number of benzene rings is 2. The normalized spacial score (nSPS) is 15.7. The average molecular weight is 713 g/mol. The molecule has 0 fully saturated rings. The molecule has 17 heteroatoms. The van der Waals surface area contributed by atoms with Crippen LogP contribution in [0.4, 0.5) is 11.4 Å². The van der Waals surface area contributed by atoms with Crippen molar-refractivity contribution in [2.45, 2.75) is 0 Å². The number of nitrogens with one attached hydrogen (secondary N) is 2. The standard InChI is InChI=1S/2C15H15N5O2S.Fe/c2*1-22-13-8-12(19-18-11-5-3-2-4-6-11)7-10(14(13)21)9-17-20-15(16)23;/h2*2-9H,1H3,(H4,16,17,18,19,20,21,23);/q;;+2/p-2. The van der Waals surface area contributed by atoms with Crippen LogP contribution in [0, 0.1) is 0 Å². The molecule has 0 bridgehead atoms. The van der Waals surface area contributed by atoms with Gasteiger partial charge in [-0.1, -0.05) is 60.8 Å². The molecule has 2 aromatic rings. The predicted octanol–water partition coefficient (Wildman–Crippen LogP) is 4.19. The molecule has 6 N–H and O–H groups in total. The fourth-order valence-corrected chi connectivity index (χ4v) is 3.52. The number of Topliss-reactive ketones (excluding diaryl/α,β-unsaturated/α-hetero) is 2. The number of para-hydroxylation sites is 2. The summed E-state index contributed by atoms with van der Waals surface area (Å²) in [6, 6.07) is 18.8. The first-order chi connectivity index (χ1) is 22.2. The largest absolute Gasteiger partial charge is 2.00 e. The van der Waals surface area contributed by atoms with Gasteiger partial charge in [-0.05, 0) is 36.4 Å². The molecule has 0 aromatic heterocycles. The maximum atomic E-state index is 12.1. The molecule has 14 nitrogen and oxygen atoms in total. The van der Waals surface area contributed by atoms with Crippen LogP contribution in [0.3, 0.4) is 0 Å². The van der Waals surface area contributed by atoms with Gasteiger partial charge in [-0.3, -0.25) is 30.6 Å². The average Bonchev–Trinajstić information content (AvgIpc) is 3.06. The topological polar surface area (TPSA) is 206 Å². The Labute approximate surface area is 291 Å². The maximum absolute atomic E-state index is 12.1. The number of thiocarbonyl (C=S) groups is 2. The molecule has 0 spiro atoms. The van der Waals surface area contributed by atoms with E-state index in [9.17, 15) is 9.59 Å². The molecule has 0 aliphatic heterocycles. The van der Waals surface area contributed by atoms with Crippen LogP contribution in [0.1, 0.15) is 0 Å². The van der Waals surface area contributed by atoms with E-state index in [2.05, 4.69) is 66.5 Å². The zero-order chi connectivity index (χ0) is 33.3. The van der Waals surface area contributed by atoms with E-state index in [0.29, 0.717) is 11.4 Å². The summed E-state index contributed by atoms with van der Waals surface area (Å²) in [6.07, 6.45) is 8.68. The SMILES string of the molecule is COC1=C/C(=N\Nc2ccccc2)C=C(/C=N\[N-]C(N)=S)C1=O.COC1=C/C(=N\Nc2ccccc2)C=C(/C=N\[N-]C(N)=S)C1=O.[Fe+2]. The van der Waals surface area contributed by atoms with Crippen LogP contribution in [0.5, 0.6) is 0 Å². The van der Waals surface area contributed by atoms with Gasteiger partial charge < -0.3 is 31.8 Å². The summed E-state index contributed by atoms with van der Waals surface area (Å²) in [7, 11) is 2.82. The number of methoxy groups -OCH3 is 2. The van der Waals surface area contributed by atoms with E-state index < -0.39 is 0 Å². The van der Waals surface area contributed by atoms with Gasteiger partial charge in [0.15, 0.2) is 11.5 Å². The number of carbonyl (C=O) groups excluding carboxylic acids is 2. The van der Waals surface area contributed by atoms with Crippen LogP contribution in [0.15, 0.2) is 128 Å².